The van der Waals surface area contributed by atoms with Crippen LogP contribution in [0.3, 0.4) is 0 Å². The third-order valence-corrected chi connectivity index (χ3v) is 4.75. The van der Waals surface area contributed by atoms with Gasteiger partial charge in [0, 0.05) is 14.9 Å². The Morgan fingerprint density at radius 1 is 1.35 bits per heavy atom. The highest BCUT2D eigenvalue weighted by Gasteiger charge is 2.29. The highest BCUT2D eigenvalue weighted by molar-refractivity contribution is 7.09. The molecule has 0 aliphatic carbocycles. The summed E-state index contributed by atoms with van der Waals surface area (Å²) in [6, 6.07) is 9.76. The van der Waals surface area contributed by atoms with Crippen molar-refractivity contribution in [2.45, 2.75) is 12.6 Å². The molecule has 0 saturated heterocycles. The molecule has 1 aliphatic heterocycles. The maximum Gasteiger partial charge on any atom is 0.192 e. The molecule has 3 rings (SSSR count). The molecule has 6 heteroatoms. The Morgan fingerprint density at radius 3 is 2.90 bits per heavy atom. The van der Waals surface area contributed by atoms with Crippen molar-refractivity contribution >= 4 is 40.5 Å². The van der Waals surface area contributed by atoms with Crippen LogP contribution < -0.4 is 5.73 Å². The van der Waals surface area contributed by atoms with Gasteiger partial charge in [0.25, 0.3) is 0 Å². The molecule has 0 saturated carbocycles. The second kappa shape index (κ2) is 5.64. The average Bonchev–Trinajstić information content (AvgIpc) is 3.03. The Hall–Kier alpha value is -1.23. The lowest BCUT2D eigenvalue weighted by Gasteiger charge is -2.26. The predicted octanol–water partition coefficient (Wildman–Crippen LogP) is 3.93. The van der Waals surface area contributed by atoms with Crippen molar-refractivity contribution in [3.8, 4) is 0 Å². The van der Waals surface area contributed by atoms with Crippen molar-refractivity contribution in [3.05, 3.63) is 56.2 Å². The number of hydrogen-bond acceptors (Lipinski definition) is 4. The minimum atomic E-state index is 0.0712. The molecule has 0 fully saturated rings. The number of nitrogens with zero attached hydrogens (tertiary/aromatic N) is 2. The molecule has 3 nitrogen and oxygen atoms in total. The van der Waals surface area contributed by atoms with Crippen molar-refractivity contribution in [2.24, 2.45) is 10.7 Å². The van der Waals surface area contributed by atoms with Crippen LogP contribution in [-0.2, 0) is 6.54 Å². The summed E-state index contributed by atoms with van der Waals surface area (Å²) in [7, 11) is 0. The van der Waals surface area contributed by atoms with Crippen molar-refractivity contribution in [2.75, 3.05) is 6.54 Å². The van der Waals surface area contributed by atoms with E-state index in [0.717, 1.165) is 12.1 Å². The fraction of sp³-hybridized carbons (Fsp3) is 0.214. The molecule has 0 radical (unpaired) electrons. The maximum atomic E-state index is 6.30. The molecule has 1 aromatic carbocycles. The van der Waals surface area contributed by atoms with Crippen LogP contribution in [0.25, 0.3) is 0 Å². The second-order valence-corrected chi connectivity index (χ2v) is 6.46. The lowest BCUT2D eigenvalue weighted by molar-refractivity contribution is 0.343. The van der Waals surface area contributed by atoms with Gasteiger partial charge in [-0.1, -0.05) is 35.3 Å². The highest BCUT2D eigenvalue weighted by atomic mass is 35.5. The number of aliphatic imine (C=N–C) groups is 1. The summed E-state index contributed by atoms with van der Waals surface area (Å²) < 4.78 is 0. The first-order valence-electron chi connectivity index (χ1n) is 6.19. The molecular formula is C14H13Cl2N3S. The first-order valence-corrected chi connectivity index (χ1v) is 7.82. The number of hydrogen-bond donors (Lipinski definition) is 1. The van der Waals surface area contributed by atoms with E-state index in [4.69, 9.17) is 28.9 Å². The van der Waals surface area contributed by atoms with Gasteiger partial charge in [-0.2, -0.15) is 0 Å². The van der Waals surface area contributed by atoms with E-state index in [-0.39, 0.29) is 6.04 Å². The van der Waals surface area contributed by atoms with Gasteiger partial charge in [0.05, 0.1) is 19.1 Å². The lowest BCUT2D eigenvalue weighted by Crippen LogP contribution is -2.35. The standard InChI is InChI=1S/C14H13Cl2N3S/c15-9-3-4-11(12(16)6-9)13-7-18-14(17)19(13)8-10-2-1-5-20-10/h1-6,13H,7-8H2,(H2,17,18). The summed E-state index contributed by atoms with van der Waals surface area (Å²) in [5.41, 5.74) is 7.03. The van der Waals surface area contributed by atoms with Crippen LogP contribution in [0.1, 0.15) is 16.5 Å². The Balaban J connectivity index is 1.88. The largest absolute Gasteiger partial charge is 0.370 e. The predicted molar refractivity (Wildman–Crippen MR) is 85.6 cm³/mol. The molecule has 2 aromatic rings. The molecule has 104 valence electrons. The van der Waals surface area contributed by atoms with Gasteiger partial charge in [0.2, 0.25) is 0 Å². The molecule has 0 bridgehead atoms. The van der Waals surface area contributed by atoms with Gasteiger partial charge in [-0.25, -0.2) is 0 Å². The van der Waals surface area contributed by atoms with Gasteiger partial charge < -0.3 is 10.6 Å². The van der Waals surface area contributed by atoms with Crippen molar-refractivity contribution in [1.29, 1.82) is 0 Å². The van der Waals surface area contributed by atoms with E-state index < -0.39 is 0 Å². The monoisotopic (exact) mass is 325 g/mol. The quantitative estimate of drug-likeness (QED) is 0.929. The summed E-state index contributed by atoms with van der Waals surface area (Å²) in [5, 5.41) is 3.35. The van der Waals surface area contributed by atoms with Gasteiger partial charge in [-0.3, -0.25) is 4.99 Å². The van der Waals surface area contributed by atoms with Crippen LogP contribution >= 0.6 is 34.5 Å². The van der Waals surface area contributed by atoms with Crippen molar-refractivity contribution < 1.29 is 0 Å². The number of thiophene rings is 1. The Bertz CT molecular complexity index is 640. The van der Waals surface area contributed by atoms with Crippen LogP contribution in [0.15, 0.2) is 40.7 Å². The van der Waals surface area contributed by atoms with Gasteiger partial charge in [0.15, 0.2) is 5.96 Å². The van der Waals surface area contributed by atoms with Crippen molar-refractivity contribution in [1.82, 2.24) is 4.90 Å². The summed E-state index contributed by atoms with van der Waals surface area (Å²) in [5.74, 6) is 0.564. The first-order chi connectivity index (χ1) is 9.65. The van der Waals surface area contributed by atoms with E-state index >= 15 is 0 Å². The number of benzene rings is 1. The second-order valence-electron chi connectivity index (χ2n) is 4.59. The molecule has 2 heterocycles. The topological polar surface area (TPSA) is 41.6 Å². The smallest absolute Gasteiger partial charge is 0.192 e. The molecule has 1 atom stereocenters. The molecule has 1 aromatic heterocycles. The number of rotatable bonds is 3. The molecule has 1 unspecified atom stereocenters. The van der Waals surface area contributed by atoms with Gasteiger partial charge in [-0.05, 0) is 29.1 Å². The molecule has 0 amide bonds. The maximum absolute atomic E-state index is 6.30. The van der Waals surface area contributed by atoms with E-state index in [1.807, 2.05) is 18.2 Å². The third kappa shape index (κ3) is 2.64. The molecule has 1 aliphatic rings. The third-order valence-electron chi connectivity index (χ3n) is 3.32. The molecule has 20 heavy (non-hydrogen) atoms. The van der Waals surface area contributed by atoms with E-state index in [0.29, 0.717) is 22.5 Å². The van der Waals surface area contributed by atoms with Gasteiger partial charge in [-0.15, -0.1) is 11.3 Å². The summed E-state index contributed by atoms with van der Waals surface area (Å²) >= 11 is 14.0. The fourth-order valence-corrected chi connectivity index (χ4v) is 3.57. The zero-order valence-electron chi connectivity index (χ0n) is 10.6. The minimum Gasteiger partial charge on any atom is -0.370 e. The average molecular weight is 326 g/mol. The summed E-state index contributed by atoms with van der Waals surface area (Å²) in [6.07, 6.45) is 0. The molecular weight excluding hydrogens is 313 g/mol. The fourth-order valence-electron chi connectivity index (χ4n) is 2.33. The van der Waals surface area contributed by atoms with E-state index in [2.05, 4.69) is 21.3 Å². The zero-order valence-corrected chi connectivity index (χ0v) is 12.9. The van der Waals surface area contributed by atoms with Crippen LogP contribution in [0.4, 0.5) is 0 Å². The molecule has 0 spiro atoms. The SMILES string of the molecule is NC1=NCC(c2ccc(Cl)cc2Cl)N1Cc1cccs1. The Morgan fingerprint density at radius 2 is 2.20 bits per heavy atom. The summed E-state index contributed by atoms with van der Waals surface area (Å²) in [4.78, 5) is 7.69. The van der Waals surface area contributed by atoms with E-state index in [1.165, 1.54) is 4.88 Å². The van der Waals surface area contributed by atoms with Gasteiger partial charge >= 0.3 is 0 Å². The van der Waals surface area contributed by atoms with Crippen molar-refractivity contribution in [3.63, 3.8) is 0 Å². The number of nitrogens with two attached hydrogens (primary N) is 1. The van der Waals surface area contributed by atoms with E-state index in [1.54, 1.807) is 17.4 Å². The number of guanidine groups is 1. The lowest BCUT2D eigenvalue weighted by atomic mass is 10.1. The van der Waals surface area contributed by atoms with Crippen LogP contribution in [-0.4, -0.2) is 17.4 Å². The minimum absolute atomic E-state index is 0.0712. The highest BCUT2D eigenvalue weighted by Crippen LogP contribution is 2.33. The van der Waals surface area contributed by atoms with Crippen LogP contribution in [0.5, 0.6) is 0 Å². The first kappa shape index (κ1) is 13.7. The number of halogens is 2. The Kier molecular flexibility index (Phi) is 3.87. The van der Waals surface area contributed by atoms with Crippen LogP contribution in [0, 0.1) is 0 Å². The van der Waals surface area contributed by atoms with Crippen LogP contribution in [0.2, 0.25) is 10.0 Å². The van der Waals surface area contributed by atoms with E-state index in [9.17, 15) is 0 Å². The molecule has 2 N–H and O–H groups in total. The Labute approximate surface area is 131 Å². The summed E-state index contributed by atoms with van der Waals surface area (Å²) in [6.45, 7) is 1.37. The normalized spacial score (nSPS) is 18.4. The van der Waals surface area contributed by atoms with Gasteiger partial charge in [0.1, 0.15) is 0 Å². The zero-order chi connectivity index (χ0) is 14.1.